The summed E-state index contributed by atoms with van der Waals surface area (Å²) in [5, 5.41) is 4.19. The summed E-state index contributed by atoms with van der Waals surface area (Å²) in [7, 11) is 0. The van der Waals surface area contributed by atoms with Crippen molar-refractivity contribution in [2.45, 2.75) is 12.3 Å². The molecule has 86 valence electrons. The molecule has 2 heterocycles. The molecule has 2 aromatic rings. The zero-order valence-corrected chi connectivity index (χ0v) is 10.1. The topological polar surface area (TPSA) is 24.9 Å². The molecule has 1 aromatic heterocycles. The Bertz CT molecular complexity index is 525. The lowest BCUT2D eigenvalue weighted by Crippen LogP contribution is -2.18. The molecule has 0 bridgehead atoms. The highest BCUT2D eigenvalue weighted by Crippen LogP contribution is 2.36. The first-order valence-electron chi connectivity index (χ1n) is 5.79. The highest BCUT2D eigenvalue weighted by Gasteiger charge is 2.22. The fourth-order valence-corrected chi connectivity index (χ4v) is 2.56. The Hall–Kier alpha value is -1.54. The first-order valence-corrected chi connectivity index (χ1v) is 6.16. The molecule has 0 saturated heterocycles. The van der Waals surface area contributed by atoms with E-state index < -0.39 is 0 Å². The van der Waals surface area contributed by atoms with E-state index in [1.165, 1.54) is 11.3 Å². The highest BCUT2D eigenvalue weighted by atomic mass is 35.5. The maximum absolute atomic E-state index is 6.08. The molecule has 0 fully saturated rings. The number of nitrogens with zero attached hydrogens (tertiary/aromatic N) is 1. The van der Waals surface area contributed by atoms with Gasteiger partial charge in [-0.1, -0.05) is 17.7 Å². The maximum Gasteiger partial charge on any atom is 0.0479 e. The third-order valence-electron chi connectivity index (χ3n) is 3.18. The van der Waals surface area contributed by atoms with Gasteiger partial charge in [0.05, 0.1) is 0 Å². The SMILES string of the molecule is Clc1ccc2c(c1)C(c1ccccn1)CCN2. The van der Waals surface area contributed by atoms with Crippen LogP contribution >= 0.6 is 11.6 Å². The van der Waals surface area contributed by atoms with Gasteiger partial charge in [0.15, 0.2) is 0 Å². The lowest BCUT2D eigenvalue weighted by molar-refractivity contribution is 0.700. The molecule has 1 N–H and O–H groups in total. The minimum atomic E-state index is 0.353. The van der Waals surface area contributed by atoms with E-state index in [4.69, 9.17) is 11.6 Å². The van der Waals surface area contributed by atoms with Crippen LogP contribution in [0.3, 0.4) is 0 Å². The summed E-state index contributed by atoms with van der Waals surface area (Å²) in [6.45, 7) is 0.982. The standard InChI is InChI=1S/C14H13ClN2/c15-10-4-5-14-12(9-10)11(6-8-17-14)13-3-1-2-7-16-13/h1-5,7,9,11,17H,6,8H2. The summed E-state index contributed by atoms with van der Waals surface area (Å²) in [4.78, 5) is 4.46. The minimum absolute atomic E-state index is 0.353. The van der Waals surface area contributed by atoms with Crippen LogP contribution in [0, 0.1) is 0 Å². The second kappa shape index (κ2) is 4.38. The molecule has 0 radical (unpaired) electrons. The minimum Gasteiger partial charge on any atom is -0.385 e. The predicted octanol–water partition coefficient (Wildman–Crippen LogP) is 3.68. The molecular weight excluding hydrogens is 232 g/mol. The molecule has 0 spiro atoms. The van der Waals surface area contributed by atoms with Crippen LogP contribution in [0.15, 0.2) is 42.6 Å². The Morgan fingerprint density at radius 1 is 1.24 bits per heavy atom. The second-order valence-corrected chi connectivity index (χ2v) is 4.69. The van der Waals surface area contributed by atoms with Crippen molar-refractivity contribution >= 4 is 17.3 Å². The number of anilines is 1. The van der Waals surface area contributed by atoms with E-state index in [0.29, 0.717) is 5.92 Å². The molecule has 1 aliphatic rings. The summed E-state index contributed by atoms with van der Waals surface area (Å²) in [5.74, 6) is 0.353. The number of fused-ring (bicyclic) bond motifs is 1. The Morgan fingerprint density at radius 2 is 2.18 bits per heavy atom. The van der Waals surface area contributed by atoms with Gasteiger partial charge in [-0.2, -0.15) is 0 Å². The number of rotatable bonds is 1. The van der Waals surface area contributed by atoms with Crippen LogP contribution in [-0.2, 0) is 0 Å². The monoisotopic (exact) mass is 244 g/mol. The fraction of sp³-hybridized carbons (Fsp3) is 0.214. The van der Waals surface area contributed by atoms with E-state index in [9.17, 15) is 0 Å². The van der Waals surface area contributed by atoms with Crippen LogP contribution in [0.2, 0.25) is 5.02 Å². The Labute approximate surface area is 106 Å². The van der Waals surface area contributed by atoms with Gasteiger partial charge in [0.1, 0.15) is 0 Å². The van der Waals surface area contributed by atoms with Crippen LogP contribution in [0.4, 0.5) is 5.69 Å². The van der Waals surface area contributed by atoms with Gasteiger partial charge in [-0.3, -0.25) is 4.98 Å². The Morgan fingerprint density at radius 3 is 3.00 bits per heavy atom. The summed E-state index contributed by atoms with van der Waals surface area (Å²) in [5.41, 5.74) is 3.55. The summed E-state index contributed by atoms with van der Waals surface area (Å²) < 4.78 is 0. The van der Waals surface area contributed by atoms with Gasteiger partial charge in [0, 0.05) is 35.1 Å². The van der Waals surface area contributed by atoms with Crippen LogP contribution in [0.5, 0.6) is 0 Å². The summed E-state index contributed by atoms with van der Waals surface area (Å²) in [6, 6.07) is 12.1. The van der Waals surface area contributed by atoms with Crippen molar-refractivity contribution in [1.82, 2.24) is 4.98 Å². The average Bonchev–Trinajstić information content (AvgIpc) is 2.39. The zero-order valence-electron chi connectivity index (χ0n) is 9.36. The fourth-order valence-electron chi connectivity index (χ4n) is 2.38. The molecule has 1 unspecified atom stereocenters. The van der Waals surface area contributed by atoms with E-state index in [2.05, 4.69) is 16.4 Å². The van der Waals surface area contributed by atoms with Crippen molar-refractivity contribution in [3.05, 3.63) is 58.9 Å². The number of aromatic nitrogens is 1. The van der Waals surface area contributed by atoms with Crippen LogP contribution in [0.1, 0.15) is 23.6 Å². The molecule has 0 amide bonds. The molecule has 0 aliphatic carbocycles. The molecule has 3 heteroatoms. The number of hydrogen-bond acceptors (Lipinski definition) is 2. The zero-order chi connectivity index (χ0) is 11.7. The van der Waals surface area contributed by atoms with E-state index in [1.54, 1.807) is 0 Å². The van der Waals surface area contributed by atoms with Crippen molar-refractivity contribution in [2.75, 3.05) is 11.9 Å². The van der Waals surface area contributed by atoms with Gasteiger partial charge < -0.3 is 5.32 Å². The van der Waals surface area contributed by atoms with E-state index in [-0.39, 0.29) is 0 Å². The van der Waals surface area contributed by atoms with Crippen LogP contribution in [-0.4, -0.2) is 11.5 Å². The number of hydrogen-bond donors (Lipinski definition) is 1. The lowest BCUT2D eigenvalue weighted by atomic mass is 9.88. The molecule has 17 heavy (non-hydrogen) atoms. The van der Waals surface area contributed by atoms with Crippen molar-refractivity contribution in [1.29, 1.82) is 0 Å². The molecule has 2 nitrogen and oxygen atoms in total. The number of pyridine rings is 1. The van der Waals surface area contributed by atoms with Crippen LogP contribution < -0.4 is 5.32 Å². The average molecular weight is 245 g/mol. The predicted molar refractivity (Wildman–Crippen MR) is 70.6 cm³/mol. The van der Waals surface area contributed by atoms with Crippen molar-refractivity contribution in [2.24, 2.45) is 0 Å². The molecular formula is C14H13ClN2. The van der Waals surface area contributed by atoms with Gasteiger partial charge in [0.25, 0.3) is 0 Å². The van der Waals surface area contributed by atoms with Gasteiger partial charge in [0.2, 0.25) is 0 Å². The van der Waals surface area contributed by atoms with Gasteiger partial charge in [-0.15, -0.1) is 0 Å². The van der Waals surface area contributed by atoms with Crippen LogP contribution in [0.25, 0.3) is 0 Å². The molecule has 3 rings (SSSR count). The van der Waals surface area contributed by atoms with Crippen molar-refractivity contribution in [3.8, 4) is 0 Å². The molecule has 1 aromatic carbocycles. The molecule has 0 saturated carbocycles. The van der Waals surface area contributed by atoms with Crippen molar-refractivity contribution < 1.29 is 0 Å². The smallest absolute Gasteiger partial charge is 0.0479 e. The lowest BCUT2D eigenvalue weighted by Gasteiger charge is -2.26. The van der Waals surface area contributed by atoms with E-state index >= 15 is 0 Å². The largest absolute Gasteiger partial charge is 0.385 e. The highest BCUT2D eigenvalue weighted by molar-refractivity contribution is 6.30. The Balaban J connectivity index is 2.08. The first kappa shape index (κ1) is 10.6. The number of benzene rings is 1. The van der Waals surface area contributed by atoms with E-state index in [1.807, 2.05) is 36.5 Å². The number of nitrogens with one attached hydrogen (secondary N) is 1. The number of halogens is 1. The van der Waals surface area contributed by atoms with Gasteiger partial charge in [-0.05, 0) is 42.3 Å². The summed E-state index contributed by atoms with van der Waals surface area (Å²) >= 11 is 6.08. The Kier molecular flexibility index (Phi) is 2.73. The third kappa shape index (κ3) is 2.01. The van der Waals surface area contributed by atoms with Gasteiger partial charge in [-0.25, -0.2) is 0 Å². The second-order valence-electron chi connectivity index (χ2n) is 4.25. The summed E-state index contributed by atoms with van der Waals surface area (Å²) in [6.07, 6.45) is 2.91. The first-order chi connectivity index (χ1) is 8.34. The molecule has 1 aliphatic heterocycles. The van der Waals surface area contributed by atoms with Gasteiger partial charge >= 0.3 is 0 Å². The van der Waals surface area contributed by atoms with Crippen molar-refractivity contribution in [3.63, 3.8) is 0 Å². The normalized spacial score (nSPS) is 18.3. The maximum atomic E-state index is 6.08. The third-order valence-corrected chi connectivity index (χ3v) is 3.42. The quantitative estimate of drug-likeness (QED) is 0.828. The molecule has 1 atom stereocenters. The van der Waals surface area contributed by atoms with E-state index in [0.717, 1.165) is 23.7 Å².